The predicted octanol–water partition coefficient (Wildman–Crippen LogP) is 4.08. The summed E-state index contributed by atoms with van der Waals surface area (Å²) >= 11 is 3.42. The topological polar surface area (TPSA) is 31.2 Å². The Hall–Kier alpha value is -1.29. The number of esters is 1. The van der Waals surface area contributed by atoms with E-state index in [0.29, 0.717) is 18.2 Å². The molecule has 0 N–H and O–H groups in total. The maximum Gasteiger partial charge on any atom is 0.354 e. The molecule has 1 fully saturated rings. The second-order valence-electron chi connectivity index (χ2n) is 4.72. The first-order valence-corrected chi connectivity index (χ1v) is 7.25. The largest absolute Gasteiger partial charge is 0.461 e. The Morgan fingerprint density at radius 1 is 1.63 bits per heavy atom. The molecule has 0 radical (unpaired) electrons. The molecular weight excluding hydrogens is 306 g/mol. The lowest BCUT2D eigenvalue weighted by molar-refractivity contribution is 0.0513. The Bertz CT molecular complexity index is 526. The summed E-state index contributed by atoms with van der Waals surface area (Å²) in [6, 6.07) is 1.83. The zero-order valence-electron chi connectivity index (χ0n) is 11.1. The molecule has 0 unspecified atom stereocenters. The van der Waals surface area contributed by atoms with E-state index < -0.39 is 0 Å². The second kappa shape index (κ2) is 5.78. The first kappa shape index (κ1) is 14.1. The molecule has 1 aliphatic carbocycles. The van der Waals surface area contributed by atoms with Crippen LogP contribution in [0.15, 0.2) is 19.2 Å². The number of carbonyl (C=O) groups is 1. The maximum absolute atomic E-state index is 12.0. The Morgan fingerprint density at radius 3 is 2.79 bits per heavy atom. The third-order valence-corrected chi connectivity index (χ3v) is 3.60. The third kappa shape index (κ3) is 3.00. The maximum atomic E-state index is 12.0. The van der Waals surface area contributed by atoms with Gasteiger partial charge in [0.15, 0.2) is 0 Å². The first-order valence-electron chi connectivity index (χ1n) is 6.46. The first-order chi connectivity index (χ1) is 9.08. The highest BCUT2D eigenvalue weighted by molar-refractivity contribution is 9.15. The molecule has 2 rings (SSSR count). The van der Waals surface area contributed by atoms with Crippen LogP contribution in [0.5, 0.6) is 0 Å². The van der Waals surface area contributed by atoms with E-state index in [1.54, 1.807) is 6.08 Å². The standard InChI is InChI=1S/C15H18BrNO2/c1-4-12-8-13(15(18)19-5-2)17(9-11-6-7-11)14(12)10(3)16/h4,8,11H,1,3,5-7,9H2,2H3. The van der Waals surface area contributed by atoms with Gasteiger partial charge in [-0.2, -0.15) is 0 Å². The summed E-state index contributed by atoms with van der Waals surface area (Å²) in [6.45, 7) is 10.8. The predicted molar refractivity (Wildman–Crippen MR) is 81.2 cm³/mol. The van der Waals surface area contributed by atoms with Crippen LogP contribution in [0.2, 0.25) is 0 Å². The van der Waals surface area contributed by atoms with Gasteiger partial charge in [0.1, 0.15) is 5.69 Å². The van der Waals surface area contributed by atoms with Crippen molar-refractivity contribution in [2.45, 2.75) is 26.3 Å². The van der Waals surface area contributed by atoms with E-state index >= 15 is 0 Å². The monoisotopic (exact) mass is 323 g/mol. The van der Waals surface area contributed by atoms with E-state index in [1.807, 2.05) is 17.6 Å². The van der Waals surface area contributed by atoms with Gasteiger partial charge in [-0.15, -0.1) is 0 Å². The summed E-state index contributed by atoms with van der Waals surface area (Å²) in [5.41, 5.74) is 2.41. The third-order valence-electron chi connectivity index (χ3n) is 3.23. The summed E-state index contributed by atoms with van der Waals surface area (Å²) in [7, 11) is 0. The van der Waals surface area contributed by atoms with Gasteiger partial charge in [-0.05, 0) is 47.7 Å². The van der Waals surface area contributed by atoms with Crippen molar-refractivity contribution in [1.82, 2.24) is 4.57 Å². The van der Waals surface area contributed by atoms with Crippen molar-refractivity contribution in [2.75, 3.05) is 6.61 Å². The molecule has 0 amide bonds. The van der Waals surface area contributed by atoms with Crippen LogP contribution in [0, 0.1) is 5.92 Å². The van der Waals surface area contributed by atoms with Crippen LogP contribution in [0.1, 0.15) is 41.5 Å². The van der Waals surface area contributed by atoms with E-state index in [9.17, 15) is 4.79 Å². The number of carbonyl (C=O) groups excluding carboxylic acids is 1. The summed E-state index contributed by atoms with van der Waals surface area (Å²) in [5.74, 6) is 0.370. The van der Waals surface area contributed by atoms with E-state index in [4.69, 9.17) is 4.74 Å². The Labute approximate surface area is 122 Å². The van der Waals surface area contributed by atoms with Crippen LogP contribution in [0.3, 0.4) is 0 Å². The number of rotatable bonds is 6. The SMILES string of the molecule is C=Cc1cc(C(=O)OCC)n(CC2CC2)c1C(=C)Br. The van der Waals surface area contributed by atoms with Gasteiger partial charge in [0.2, 0.25) is 0 Å². The minimum absolute atomic E-state index is 0.286. The molecule has 0 atom stereocenters. The molecular formula is C15H18BrNO2. The molecule has 1 aliphatic rings. The fourth-order valence-electron chi connectivity index (χ4n) is 2.15. The molecule has 1 heterocycles. The molecule has 0 spiro atoms. The highest BCUT2D eigenvalue weighted by atomic mass is 79.9. The van der Waals surface area contributed by atoms with Gasteiger partial charge in [0.25, 0.3) is 0 Å². The Kier molecular flexibility index (Phi) is 4.30. The summed E-state index contributed by atoms with van der Waals surface area (Å²) in [4.78, 5) is 12.0. The van der Waals surface area contributed by atoms with Crippen LogP contribution >= 0.6 is 15.9 Å². The van der Waals surface area contributed by atoms with Crippen molar-refractivity contribution >= 4 is 32.5 Å². The van der Waals surface area contributed by atoms with Crippen LogP contribution in [-0.2, 0) is 11.3 Å². The van der Waals surface area contributed by atoms with Crippen molar-refractivity contribution in [3.05, 3.63) is 36.2 Å². The van der Waals surface area contributed by atoms with Crippen molar-refractivity contribution in [3.8, 4) is 0 Å². The number of aromatic nitrogens is 1. The number of hydrogen-bond donors (Lipinski definition) is 0. The molecule has 1 aromatic rings. The molecule has 19 heavy (non-hydrogen) atoms. The number of ether oxygens (including phenoxy) is 1. The molecule has 0 bridgehead atoms. The lowest BCUT2D eigenvalue weighted by atomic mass is 10.2. The van der Waals surface area contributed by atoms with Gasteiger partial charge in [0.05, 0.1) is 12.3 Å². The van der Waals surface area contributed by atoms with Gasteiger partial charge in [-0.1, -0.05) is 19.2 Å². The Balaban J connectivity index is 2.47. The fourth-order valence-corrected chi connectivity index (χ4v) is 2.59. The summed E-state index contributed by atoms with van der Waals surface area (Å²) < 4.78 is 7.89. The molecule has 4 heteroatoms. The Morgan fingerprint density at radius 2 is 2.32 bits per heavy atom. The van der Waals surface area contributed by atoms with Crippen molar-refractivity contribution in [3.63, 3.8) is 0 Å². The normalized spacial score (nSPS) is 14.2. The van der Waals surface area contributed by atoms with Gasteiger partial charge in [-0.3, -0.25) is 0 Å². The highest BCUT2D eigenvalue weighted by Gasteiger charge is 2.27. The zero-order chi connectivity index (χ0) is 14.0. The second-order valence-corrected chi connectivity index (χ2v) is 5.67. The lowest BCUT2D eigenvalue weighted by Crippen LogP contribution is -2.14. The molecule has 3 nitrogen and oxygen atoms in total. The number of halogens is 1. The van der Waals surface area contributed by atoms with Crippen LogP contribution in [0.25, 0.3) is 10.6 Å². The van der Waals surface area contributed by atoms with Crippen LogP contribution in [0.4, 0.5) is 0 Å². The van der Waals surface area contributed by atoms with Gasteiger partial charge in [0, 0.05) is 16.6 Å². The summed E-state index contributed by atoms with van der Waals surface area (Å²) in [5, 5.41) is 0. The minimum atomic E-state index is -0.286. The van der Waals surface area contributed by atoms with Crippen LogP contribution in [-0.4, -0.2) is 17.1 Å². The molecule has 0 saturated heterocycles. The quantitative estimate of drug-likeness (QED) is 0.738. The zero-order valence-corrected chi connectivity index (χ0v) is 12.7. The lowest BCUT2D eigenvalue weighted by Gasteiger charge is -2.12. The number of nitrogens with zero attached hydrogens (tertiary/aromatic N) is 1. The smallest absolute Gasteiger partial charge is 0.354 e. The minimum Gasteiger partial charge on any atom is -0.461 e. The van der Waals surface area contributed by atoms with Crippen molar-refractivity contribution in [1.29, 1.82) is 0 Å². The molecule has 102 valence electrons. The average Bonchev–Trinajstić information content (AvgIpc) is 3.08. The van der Waals surface area contributed by atoms with E-state index in [-0.39, 0.29) is 5.97 Å². The van der Waals surface area contributed by atoms with Crippen LogP contribution < -0.4 is 0 Å². The highest BCUT2D eigenvalue weighted by Crippen LogP contribution is 2.35. The fraction of sp³-hybridized carbons (Fsp3) is 0.400. The van der Waals surface area contributed by atoms with Gasteiger partial charge in [-0.25, -0.2) is 4.79 Å². The molecule has 1 saturated carbocycles. The average molecular weight is 324 g/mol. The molecule has 1 aromatic heterocycles. The summed E-state index contributed by atoms with van der Waals surface area (Å²) in [6.07, 6.45) is 4.18. The van der Waals surface area contributed by atoms with E-state index in [1.165, 1.54) is 12.8 Å². The van der Waals surface area contributed by atoms with Crippen molar-refractivity contribution < 1.29 is 9.53 Å². The van der Waals surface area contributed by atoms with Crippen molar-refractivity contribution in [2.24, 2.45) is 5.92 Å². The molecule has 0 aromatic carbocycles. The van der Waals surface area contributed by atoms with E-state index in [2.05, 4.69) is 29.1 Å². The van der Waals surface area contributed by atoms with Gasteiger partial charge >= 0.3 is 5.97 Å². The number of hydrogen-bond acceptors (Lipinski definition) is 2. The van der Waals surface area contributed by atoms with E-state index in [0.717, 1.165) is 22.3 Å². The molecule has 0 aliphatic heterocycles. The van der Waals surface area contributed by atoms with Gasteiger partial charge < -0.3 is 9.30 Å².